The molecule has 0 amide bonds. The molecular formula is C12H15FO3. The third-order valence-corrected chi connectivity index (χ3v) is 1.60. The van der Waals surface area contributed by atoms with Crippen molar-refractivity contribution >= 4 is 5.97 Å². The molecule has 16 heavy (non-hydrogen) atoms. The zero-order valence-electron chi connectivity index (χ0n) is 9.62. The van der Waals surface area contributed by atoms with E-state index in [0.717, 1.165) is 0 Å². The van der Waals surface area contributed by atoms with Gasteiger partial charge in [-0.15, -0.1) is 0 Å². The molecule has 0 N–H and O–H groups in total. The lowest BCUT2D eigenvalue weighted by atomic mass is 10.2. The second-order valence-electron chi connectivity index (χ2n) is 4.31. The Hall–Kier alpha value is -1.58. The summed E-state index contributed by atoms with van der Waals surface area (Å²) in [5, 5.41) is 0. The Morgan fingerprint density at radius 1 is 1.31 bits per heavy atom. The van der Waals surface area contributed by atoms with Gasteiger partial charge in [0.05, 0.1) is 0 Å². The van der Waals surface area contributed by atoms with Crippen molar-refractivity contribution in [2.45, 2.75) is 26.4 Å². The van der Waals surface area contributed by atoms with E-state index >= 15 is 0 Å². The van der Waals surface area contributed by atoms with Gasteiger partial charge in [0.1, 0.15) is 5.60 Å². The molecule has 1 rings (SSSR count). The van der Waals surface area contributed by atoms with E-state index in [1.807, 2.05) is 0 Å². The molecule has 88 valence electrons. The van der Waals surface area contributed by atoms with Gasteiger partial charge in [0.15, 0.2) is 18.2 Å². The van der Waals surface area contributed by atoms with Crippen LogP contribution in [0.15, 0.2) is 24.3 Å². The number of rotatable bonds is 3. The second-order valence-corrected chi connectivity index (χ2v) is 4.31. The number of hydrogen-bond acceptors (Lipinski definition) is 3. The predicted octanol–water partition coefficient (Wildman–Crippen LogP) is 2.55. The Morgan fingerprint density at radius 2 is 1.94 bits per heavy atom. The third kappa shape index (κ3) is 4.29. The van der Waals surface area contributed by atoms with Crippen LogP contribution in [-0.4, -0.2) is 18.2 Å². The van der Waals surface area contributed by atoms with Crippen LogP contribution in [0.2, 0.25) is 0 Å². The van der Waals surface area contributed by atoms with Crippen LogP contribution in [0.5, 0.6) is 5.75 Å². The molecule has 0 unspecified atom stereocenters. The van der Waals surface area contributed by atoms with Crippen LogP contribution in [-0.2, 0) is 9.53 Å². The number of benzene rings is 1. The monoisotopic (exact) mass is 226 g/mol. The first-order valence-electron chi connectivity index (χ1n) is 4.98. The Kier molecular flexibility index (Phi) is 3.88. The van der Waals surface area contributed by atoms with Crippen LogP contribution in [0, 0.1) is 5.82 Å². The van der Waals surface area contributed by atoms with Crippen LogP contribution >= 0.6 is 0 Å². The number of esters is 1. The van der Waals surface area contributed by atoms with Gasteiger partial charge in [0.2, 0.25) is 0 Å². The Bertz CT molecular complexity index is 369. The van der Waals surface area contributed by atoms with Gasteiger partial charge in [-0.05, 0) is 32.9 Å². The van der Waals surface area contributed by atoms with E-state index in [4.69, 9.17) is 9.47 Å². The number of hydrogen-bond donors (Lipinski definition) is 0. The minimum Gasteiger partial charge on any atom is -0.479 e. The molecule has 1 aromatic rings. The molecule has 4 heteroatoms. The normalized spacial score (nSPS) is 11.0. The van der Waals surface area contributed by atoms with Gasteiger partial charge in [0.25, 0.3) is 0 Å². The molecule has 1 aromatic carbocycles. The van der Waals surface area contributed by atoms with E-state index in [1.54, 1.807) is 32.9 Å². The maximum absolute atomic E-state index is 13.1. The summed E-state index contributed by atoms with van der Waals surface area (Å²) < 4.78 is 23.1. The van der Waals surface area contributed by atoms with Crippen molar-refractivity contribution < 1.29 is 18.7 Å². The van der Waals surface area contributed by atoms with Crippen LogP contribution < -0.4 is 4.74 Å². The summed E-state index contributed by atoms with van der Waals surface area (Å²) in [6.45, 7) is 4.98. The molecule has 0 saturated carbocycles. The summed E-state index contributed by atoms with van der Waals surface area (Å²) in [4.78, 5) is 11.3. The van der Waals surface area contributed by atoms with Crippen LogP contribution in [0.4, 0.5) is 4.39 Å². The molecule has 0 heterocycles. The highest BCUT2D eigenvalue weighted by molar-refractivity contribution is 5.71. The highest BCUT2D eigenvalue weighted by Gasteiger charge is 2.16. The molecule has 0 spiro atoms. The maximum Gasteiger partial charge on any atom is 0.344 e. The fraction of sp³-hybridized carbons (Fsp3) is 0.417. The average molecular weight is 226 g/mol. The van der Waals surface area contributed by atoms with Crippen LogP contribution in [0.3, 0.4) is 0 Å². The van der Waals surface area contributed by atoms with E-state index in [9.17, 15) is 9.18 Å². The highest BCUT2D eigenvalue weighted by atomic mass is 19.1. The summed E-state index contributed by atoms with van der Waals surface area (Å²) in [6, 6.07) is 5.91. The molecule has 0 radical (unpaired) electrons. The summed E-state index contributed by atoms with van der Waals surface area (Å²) >= 11 is 0. The molecule has 0 fully saturated rings. The number of ether oxygens (including phenoxy) is 2. The van der Waals surface area contributed by atoms with Crippen LogP contribution in [0.1, 0.15) is 20.8 Å². The molecule has 0 atom stereocenters. The van der Waals surface area contributed by atoms with Gasteiger partial charge in [0, 0.05) is 0 Å². The summed E-state index contributed by atoms with van der Waals surface area (Å²) in [5.74, 6) is -0.963. The largest absolute Gasteiger partial charge is 0.479 e. The smallest absolute Gasteiger partial charge is 0.344 e. The van der Waals surface area contributed by atoms with Gasteiger partial charge in [-0.3, -0.25) is 0 Å². The molecule has 0 aliphatic heterocycles. The Morgan fingerprint density at radius 3 is 2.50 bits per heavy atom. The van der Waals surface area contributed by atoms with Gasteiger partial charge in [-0.1, -0.05) is 12.1 Å². The zero-order chi connectivity index (χ0) is 12.2. The fourth-order valence-corrected chi connectivity index (χ4v) is 1.07. The van der Waals surface area contributed by atoms with E-state index in [2.05, 4.69) is 0 Å². The minimum absolute atomic E-state index is 0.0494. The van der Waals surface area contributed by atoms with Crippen molar-refractivity contribution in [1.29, 1.82) is 0 Å². The summed E-state index contributed by atoms with van der Waals surface area (Å²) in [6.07, 6.45) is 0. The topological polar surface area (TPSA) is 35.5 Å². The molecule has 0 aromatic heterocycles. The fourth-order valence-electron chi connectivity index (χ4n) is 1.07. The molecule has 0 bridgehead atoms. The maximum atomic E-state index is 13.1. The molecular weight excluding hydrogens is 211 g/mol. The number of para-hydroxylation sites is 1. The van der Waals surface area contributed by atoms with Gasteiger partial charge in [-0.2, -0.15) is 0 Å². The van der Waals surface area contributed by atoms with E-state index in [0.29, 0.717) is 0 Å². The average Bonchev–Trinajstić information content (AvgIpc) is 2.14. The number of carbonyl (C=O) groups is 1. The highest BCUT2D eigenvalue weighted by Crippen LogP contribution is 2.15. The SMILES string of the molecule is CC(C)(C)OC(=O)COc1ccccc1F. The third-order valence-electron chi connectivity index (χ3n) is 1.60. The molecule has 0 aliphatic carbocycles. The van der Waals surface area contributed by atoms with Gasteiger partial charge < -0.3 is 9.47 Å². The van der Waals surface area contributed by atoms with Gasteiger partial charge in [-0.25, -0.2) is 9.18 Å². The van der Waals surface area contributed by atoms with Crippen molar-refractivity contribution in [3.63, 3.8) is 0 Å². The van der Waals surface area contributed by atoms with E-state index in [-0.39, 0.29) is 12.4 Å². The Balaban J connectivity index is 2.47. The predicted molar refractivity (Wildman–Crippen MR) is 57.7 cm³/mol. The summed E-state index contributed by atoms with van der Waals surface area (Å²) in [5.41, 5.74) is -0.560. The minimum atomic E-state index is -0.560. The van der Waals surface area contributed by atoms with Crippen molar-refractivity contribution in [2.75, 3.05) is 6.61 Å². The first-order chi connectivity index (χ1) is 7.38. The van der Waals surface area contributed by atoms with Crippen molar-refractivity contribution in [2.24, 2.45) is 0 Å². The van der Waals surface area contributed by atoms with Crippen LogP contribution in [0.25, 0.3) is 0 Å². The van der Waals surface area contributed by atoms with Crippen molar-refractivity contribution in [3.05, 3.63) is 30.1 Å². The van der Waals surface area contributed by atoms with Crippen molar-refractivity contribution in [1.82, 2.24) is 0 Å². The lowest BCUT2D eigenvalue weighted by Crippen LogP contribution is -2.27. The molecule has 3 nitrogen and oxygen atoms in total. The quantitative estimate of drug-likeness (QED) is 0.743. The second kappa shape index (κ2) is 4.96. The molecule has 0 aliphatic rings. The number of halogens is 1. The van der Waals surface area contributed by atoms with Gasteiger partial charge >= 0.3 is 5.97 Å². The summed E-state index contributed by atoms with van der Waals surface area (Å²) in [7, 11) is 0. The molecule has 0 saturated heterocycles. The Labute approximate surface area is 94.2 Å². The van der Waals surface area contributed by atoms with E-state index in [1.165, 1.54) is 12.1 Å². The number of carbonyl (C=O) groups excluding carboxylic acids is 1. The standard InChI is InChI=1S/C12H15FO3/c1-12(2,3)16-11(14)8-15-10-7-5-4-6-9(10)13/h4-7H,8H2,1-3H3. The first-order valence-corrected chi connectivity index (χ1v) is 4.98. The van der Waals surface area contributed by atoms with E-state index < -0.39 is 17.4 Å². The first kappa shape index (κ1) is 12.5. The zero-order valence-corrected chi connectivity index (χ0v) is 9.62. The lowest BCUT2D eigenvalue weighted by molar-refractivity contribution is -0.157. The lowest BCUT2D eigenvalue weighted by Gasteiger charge is -2.19. The van der Waals surface area contributed by atoms with Crippen molar-refractivity contribution in [3.8, 4) is 5.75 Å².